The average Bonchev–Trinajstić information content (AvgIpc) is 3.49. The number of fused-ring (bicyclic) bond motifs is 1. The summed E-state index contributed by atoms with van der Waals surface area (Å²) in [6, 6.07) is 17.4. The first kappa shape index (κ1) is 30.5. The molecule has 3 heterocycles. The Morgan fingerprint density at radius 1 is 1.11 bits per heavy atom. The fourth-order valence-electron chi connectivity index (χ4n) is 6.48. The lowest BCUT2D eigenvalue weighted by Crippen LogP contribution is -2.33. The van der Waals surface area contributed by atoms with Gasteiger partial charge in [-0.2, -0.15) is 9.40 Å². The molecular formula is C33H30BrFN6O4S. The molecule has 0 unspecified atom stereocenters. The number of carboxylic acids is 1. The molecule has 2 aromatic heterocycles. The zero-order chi connectivity index (χ0) is 32.3. The topological polar surface area (TPSA) is 123 Å². The van der Waals surface area contributed by atoms with Crippen molar-refractivity contribution >= 4 is 31.9 Å². The highest BCUT2D eigenvalue weighted by Gasteiger charge is 2.46. The Morgan fingerprint density at radius 3 is 2.67 bits per heavy atom. The van der Waals surface area contributed by atoms with Crippen LogP contribution in [0, 0.1) is 11.7 Å². The number of carbonyl (C=O) groups is 1. The van der Waals surface area contributed by atoms with Gasteiger partial charge in [0.25, 0.3) is 0 Å². The molecule has 236 valence electrons. The SMILES string of the molecule is C[C@H]1Cc2ccc(Br)cc2S(=O)(=O)N(Cc2cccc(-c3cccc(-n4ncc(C(=O)O)c4[C@@H]4C[C@H]4c4cn(C)nn4)c3)c2F)C1. The van der Waals surface area contributed by atoms with Crippen molar-refractivity contribution < 1.29 is 22.7 Å². The molecular weight excluding hydrogens is 675 g/mol. The van der Waals surface area contributed by atoms with Crippen LogP contribution in [0.2, 0.25) is 0 Å². The Bertz CT molecular complexity index is 2110. The molecule has 0 spiro atoms. The van der Waals surface area contributed by atoms with E-state index in [1.54, 1.807) is 64.9 Å². The third-order valence-corrected chi connectivity index (χ3v) is 11.1. The van der Waals surface area contributed by atoms with E-state index in [-0.39, 0.29) is 46.9 Å². The number of rotatable bonds is 7. The van der Waals surface area contributed by atoms with Crippen LogP contribution in [0.5, 0.6) is 0 Å². The molecule has 0 saturated heterocycles. The van der Waals surface area contributed by atoms with Gasteiger partial charge in [-0.05, 0) is 54.2 Å². The van der Waals surface area contributed by atoms with Crippen molar-refractivity contribution in [2.45, 2.75) is 43.0 Å². The van der Waals surface area contributed by atoms with Crippen molar-refractivity contribution in [3.8, 4) is 16.8 Å². The van der Waals surface area contributed by atoms with Gasteiger partial charge in [0.15, 0.2) is 0 Å². The van der Waals surface area contributed by atoms with Crippen molar-refractivity contribution in [3.05, 3.63) is 111 Å². The first-order chi connectivity index (χ1) is 22.0. The highest BCUT2D eigenvalue weighted by molar-refractivity contribution is 9.10. The van der Waals surface area contributed by atoms with E-state index in [1.165, 1.54) is 10.5 Å². The number of nitrogens with zero attached hydrogens (tertiary/aromatic N) is 6. The van der Waals surface area contributed by atoms with E-state index in [0.29, 0.717) is 39.8 Å². The molecule has 3 aromatic carbocycles. The number of benzene rings is 3. The van der Waals surface area contributed by atoms with Crippen LogP contribution in [0.1, 0.15) is 58.1 Å². The maximum Gasteiger partial charge on any atom is 0.339 e. The molecule has 0 bridgehead atoms. The number of hydrogen-bond acceptors (Lipinski definition) is 6. The van der Waals surface area contributed by atoms with Crippen molar-refractivity contribution in [2.75, 3.05) is 6.54 Å². The van der Waals surface area contributed by atoms with Crippen LogP contribution in [-0.2, 0) is 30.0 Å². The second kappa shape index (κ2) is 11.6. The van der Waals surface area contributed by atoms with Crippen LogP contribution in [0.4, 0.5) is 4.39 Å². The lowest BCUT2D eigenvalue weighted by Gasteiger charge is -2.23. The fraction of sp³-hybridized carbons (Fsp3) is 0.273. The van der Waals surface area contributed by atoms with Gasteiger partial charge >= 0.3 is 5.97 Å². The number of aryl methyl sites for hydroxylation is 1. The highest BCUT2D eigenvalue weighted by Crippen LogP contribution is 2.55. The Morgan fingerprint density at radius 2 is 1.91 bits per heavy atom. The van der Waals surface area contributed by atoms with Crippen molar-refractivity contribution in [1.82, 2.24) is 29.1 Å². The third-order valence-electron chi connectivity index (χ3n) is 8.74. The zero-order valence-corrected chi connectivity index (χ0v) is 27.4. The molecule has 5 aromatic rings. The van der Waals surface area contributed by atoms with Gasteiger partial charge in [-0.15, -0.1) is 5.10 Å². The van der Waals surface area contributed by atoms with Crippen molar-refractivity contribution in [3.63, 3.8) is 0 Å². The minimum absolute atomic E-state index is 0.0191. The second-order valence-corrected chi connectivity index (χ2v) is 14.9. The fourth-order valence-corrected chi connectivity index (χ4v) is 8.79. The number of aromatic nitrogens is 5. The highest BCUT2D eigenvalue weighted by atomic mass is 79.9. The van der Waals surface area contributed by atoms with Gasteiger partial charge in [-0.25, -0.2) is 22.3 Å². The van der Waals surface area contributed by atoms with Crippen LogP contribution in [-0.4, -0.2) is 55.1 Å². The summed E-state index contributed by atoms with van der Waals surface area (Å²) < 4.78 is 49.1. The first-order valence-electron chi connectivity index (χ1n) is 14.9. The summed E-state index contributed by atoms with van der Waals surface area (Å²) in [5.41, 5.74) is 3.91. The number of hydrogen-bond donors (Lipinski definition) is 1. The number of aromatic carboxylic acids is 1. The van der Waals surface area contributed by atoms with E-state index in [4.69, 9.17) is 0 Å². The van der Waals surface area contributed by atoms with E-state index < -0.39 is 21.8 Å². The summed E-state index contributed by atoms with van der Waals surface area (Å²) in [7, 11) is -2.09. The average molecular weight is 706 g/mol. The van der Waals surface area contributed by atoms with Crippen molar-refractivity contribution in [1.29, 1.82) is 0 Å². The number of carboxylic acid groups (broad SMARTS) is 1. The molecule has 46 heavy (non-hydrogen) atoms. The van der Waals surface area contributed by atoms with Gasteiger partial charge in [0.2, 0.25) is 10.0 Å². The summed E-state index contributed by atoms with van der Waals surface area (Å²) in [5.74, 6) is -1.64. The van der Waals surface area contributed by atoms with Crippen LogP contribution in [0.25, 0.3) is 16.8 Å². The number of halogens is 2. The Hall–Kier alpha value is -4.20. The summed E-state index contributed by atoms with van der Waals surface area (Å²) >= 11 is 3.39. The summed E-state index contributed by atoms with van der Waals surface area (Å²) in [6.45, 7) is 2.14. The minimum atomic E-state index is -3.88. The molecule has 7 rings (SSSR count). The lowest BCUT2D eigenvalue weighted by molar-refractivity contribution is 0.0695. The van der Waals surface area contributed by atoms with Gasteiger partial charge in [0.1, 0.15) is 11.4 Å². The maximum atomic E-state index is 16.3. The molecule has 1 N–H and O–H groups in total. The molecule has 1 aliphatic carbocycles. The molecule has 10 nitrogen and oxygen atoms in total. The Labute approximate surface area is 273 Å². The standard InChI is InChI=1S/C33H30BrFN6O4S/c1-19-11-21-9-10-23(34)13-30(21)46(44,45)40(16-19)17-22-6-4-8-25(31(22)35)20-5-3-7-24(12-20)41-32(28(15-36-41)33(42)43)27-14-26(27)29-18-39(2)38-37-29/h3-10,12-13,15,18-19,26-27H,11,14,16-17H2,1-2H3,(H,42,43)/t19-,26+,27+/m0/s1. The first-order valence-corrected chi connectivity index (χ1v) is 17.1. The molecule has 0 radical (unpaired) electrons. The minimum Gasteiger partial charge on any atom is -0.478 e. The Balaban J connectivity index is 1.22. The summed E-state index contributed by atoms with van der Waals surface area (Å²) in [5, 5.41) is 22.6. The molecule has 1 saturated carbocycles. The zero-order valence-electron chi connectivity index (χ0n) is 25.0. The summed E-state index contributed by atoms with van der Waals surface area (Å²) in [4.78, 5) is 12.4. The Kier molecular flexibility index (Phi) is 7.65. The largest absolute Gasteiger partial charge is 0.478 e. The number of sulfonamides is 1. The predicted molar refractivity (Wildman–Crippen MR) is 172 cm³/mol. The van der Waals surface area contributed by atoms with E-state index in [2.05, 4.69) is 31.3 Å². The van der Waals surface area contributed by atoms with Gasteiger partial charge in [0, 0.05) is 53.8 Å². The van der Waals surface area contributed by atoms with E-state index >= 15 is 4.39 Å². The molecule has 1 aliphatic heterocycles. The lowest BCUT2D eigenvalue weighted by atomic mass is 10.00. The molecule has 13 heteroatoms. The predicted octanol–water partition coefficient (Wildman–Crippen LogP) is 5.92. The monoisotopic (exact) mass is 704 g/mol. The quantitative estimate of drug-likeness (QED) is 0.223. The van der Waals surface area contributed by atoms with Gasteiger partial charge in [0.05, 0.1) is 28.2 Å². The van der Waals surface area contributed by atoms with Gasteiger partial charge < -0.3 is 5.11 Å². The third kappa shape index (κ3) is 5.46. The molecule has 1 fully saturated rings. The van der Waals surface area contributed by atoms with Gasteiger partial charge in [-0.1, -0.05) is 64.5 Å². The summed E-state index contributed by atoms with van der Waals surface area (Å²) in [6.07, 6.45) is 4.49. The van der Waals surface area contributed by atoms with Crippen molar-refractivity contribution in [2.24, 2.45) is 13.0 Å². The van der Waals surface area contributed by atoms with E-state index in [1.807, 2.05) is 25.3 Å². The normalized spacial score (nSPS) is 20.7. The van der Waals surface area contributed by atoms with Crippen LogP contribution < -0.4 is 0 Å². The maximum absolute atomic E-state index is 16.3. The smallest absolute Gasteiger partial charge is 0.339 e. The molecule has 3 atom stereocenters. The van der Waals surface area contributed by atoms with Crippen LogP contribution in [0.3, 0.4) is 0 Å². The molecule has 2 aliphatic rings. The van der Waals surface area contributed by atoms with E-state index in [0.717, 1.165) is 11.3 Å². The van der Waals surface area contributed by atoms with Crippen LogP contribution >= 0.6 is 15.9 Å². The van der Waals surface area contributed by atoms with Crippen LogP contribution in [0.15, 0.2) is 82.4 Å². The van der Waals surface area contributed by atoms with E-state index in [9.17, 15) is 18.3 Å². The second-order valence-electron chi connectivity index (χ2n) is 12.1. The van der Waals surface area contributed by atoms with Gasteiger partial charge in [-0.3, -0.25) is 4.68 Å². The molecule has 0 amide bonds.